The van der Waals surface area contributed by atoms with E-state index in [1.807, 2.05) is 13.0 Å². The van der Waals surface area contributed by atoms with Gasteiger partial charge in [0.2, 0.25) is 0 Å². The second-order valence-electron chi connectivity index (χ2n) is 6.18. The lowest BCUT2D eigenvalue weighted by atomic mass is 10.1. The summed E-state index contributed by atoms with van der Waals surface area (Å²) in [7, 11) is 0. The van der Waals surface area contributed by atoms with Crippen LogP contribution in [0.15, 0.2) is 28.8 Å². The molecule has 0 saturated heterocycles. The van der Waals surface area contributed by atoms with E-state index in [-0.39, 0.29) is 24.5 Å². The van der Waals surface area contributed by atoms with Gasteiger partial charge in [0, 0.05) is 12.0 Å². The maximum atomic E-state index is 12.3. The molecule has 0 radical (unpaired) electrons. The van der Waals surface area contributed by atoms with Gasteiger partial charge in [0.15, 0.2) is 12.3 Å². The summed E-state index contributed by atoms with van der Waals surface area (Å²) in [5.41, 5.74) is 1.76. The SMILES string of the molecule is CC(NC(=O)c1cc(C2CC2)on1)c1ccc2c(c1)NC(=O)CO2. The fourth-order valence-corrected chi connectivity index (χ4v) is 2.68. The minimum atomic E-state index is -0.281. The molecule has 7 heteroatoms. The Morgan fingerprint density at radius 3 is 3.00 bits per heavy atom. The highest BCUT2D eigenvalue weighted by Gasteiger charge is 2.29. The average molecular weight is 327 g/mol. The van der Waals surface area contributed by atoms with Gasteiger partial charge in [0.1, 0.15) is 11.5 Å². The molecule has 24 heavy (non-hydrogen) atoms. The first-order chi connectivity index (χ1) is 11.6. The van der Waals surface area contributed by atoms with Crippen molar-refractivity contribution in [2.24, 2.45) is 0 Å². The zero-order valence-corrected chi connectivity index (χ0v) is 13.2. The smallest absolute Gasteiger partial charge is 0.273 e. The Labute approximate surface area is 138 Å². The molecule has 1 aromatic carbocycles. The second kappa shape index (κ2) is 5.67. The van der Waals surface area contributed by atoms with E-state index in [1.165, 1.54) is 0 Å². The number of fused-ring (bicyclic) bond motifs is 1. The van der Waals surface area contributed by atoms with Gasteiger partial charge in [-0.25, -0.2) is 0 Å². The van der Waals surface area contributed by atoms with Crippen LogP contribution in [-0.2, 0) is 4.79 Å². The summed E-state index contributed by atoms with van der Waals surface area (Å²) in [6.07, 6.45) is 2.19. The Balaban J connectivity index is 1.46. The Hall–Kier alpha value is -2.83. The average Bonchev–Trinajstić information content (AvgIpc) is 3.30. The van der Waals surface area contributed by atoms with Gasteiger partial charge >= 0.3 is 0 Å². The van der Waals surface area contributed by atoms with Gasteiger partial charge in [-0.1, -0.05) is 11.2 Å². The summed E-state index contributed by atoms with van der Waals surface area (Å²) < 4.78 is 10.5. The van der Waals surface area contributed by atoms with Crippen LogP contribution in [0, 0.1) is 0 Å². The van der Waals surface area contributed by atoms with Crippen LogP contribution in [0.5, 0.6) is 5.75 Å². The molecule has 7 nitrogen and oxygen atoms in total. The minimum absolute atomic E-state index is 0.0219. The number of aromatic nitrogens is 1. The van der Waals surface area contributed by atoms with Gasteiger partial charge in [-0.3, -0.25) is 9.59 Å². The van der Waals surface area contributed by atoms with Crippen molar-refractivity contribution in [2.45, 2.75) is 31.7 Å². The van der Waals surface area contributed by atoms with Crippen molar-refractivity contribution in [3.63, 3.8) is 0 Å². The number of hydrogen-bond acceptors (Lipinski definition) is 5. The molecule has 1 aromatic heterocycles. The third-order valence-electron chi connectivity index (χ3n) is 4.22. The number of carbonyl (C=O) groups excluding carboxylic acids is 2. The van der Waals surface area contributed by atoms with Crippen LogP contribution in [0.3, 0.4) is 0 Å². The molecule has 1 atom stereocenters. The first-order valence-electron chi connectivity index (χ1n) is 7.94. The molecular weight excluding hydrogens is 310 g/mol. The standard InChI is InChI=1S/C17H17N3O4/c1-9(11-4-5-14-12(6-11)19-16(21)8-23-14)18-17(22)13-7-15(24-20-13)10-2-3-10/h4-7,9-10H,2-3,8H2,1H3,(H,18,22)(H,19,21). The molecule has 2 amide bonds. The summed E-state index contributed by atoms with van der Waals surface area (Å²) in [5.74, 6) is 1.35. The minimum Gasteiger partial charge on any atom is -0.482 e. The summed E-state index contributed by atoms with van der Waals surface area (Å²) in [6.45, 7) is 1.89. The molecule has 2 heterocycles. The van der Waals surface area contributed by atoms with E-state index in [9.17, 15) is 9.59 Å². The number of rotatable bonds is 4. The van der Waals surface area contributed by atoms with Crippen molar-refractivity contribution in [3.8, 4) is 5.75 Å². The number of benzene rings is 1. The zero-order valence-electron chi connectivity index (χ0n) is 13.2. The monoisotopic (exact) mass is 327 g/mol. The van der Waals surface area contributed by atoms with Crippen LogP contribution in [0.25, 0.3) is 0 Å². The molecule has 1 aliphatic carbocycles. The maximum absolute atomic E-state index is 12.3. The van der Waals surface area contributed by atoms with Gasteiger partial charge in [-0.15, -0.1) is 0 Å². The van der Waals surface area contributed by atoms with E-state index in [4.69, 9.17) is 9.26 Å². The number of anilines is 1. The van der Waals surface area contributed by atoms with Crippen LogP contribution < -0.4 is 15.4 Å². The first kappa shape index (κ1) is 14.7. The Bertz CT molecular complexity index is 810. The largest absolute Gasteiger partial charge is 0.482 e. The molecular formula is C17H17N3O4. The van der Waals surface area contributed by atoms with Crippen molar-refractivity contribution in [1.29, 1.82) is 0 Å². The van der Waals surface area contributed by atoms with Gasteiger partial charge < -0.3 is 19.9 Å². The summed E-state index contributed by atoms with van der Waals surface area (Å²) in [6, 6.07) is 6.91. The fraction of sp³-hybridized carbons (Fsp3) is 0.353. The zero-order chi connectivity index (χ0) is 16.7. The quantitative estimate of drug-likeness (QED) is 0.899. The third-order valence-corrected chi connectivity index (χ3v) is 4.22. The van der Waals surface area contributed by atoms with Gasteiger partial charge in [0.25, 0.3) is 11.8 Å². The predicted octanol–water partition coefficient (Wildman–Crippen LogP) is 2.37. The molecule has 0 spiro atoms. The highest BCUT2D eigenvalue weighted by atomic mass is 16.5. The normalized spacial score (nSPS) is 17.5. The van der Waals surface area contributed by atoms with Crippen molar-refractivity contribution in [1.82, 2.24) is 10.5 Å². The number of nitrogens with one attached hydrogen (secondary N) is 2. The number of hydrogen-bond donors (Lipinski definition) is 2. The fourth-order valence-electron chi connectivity index (χ4n) is 2.68. The number of amides is 2. The van der Waals surface area contributed by atoms with Crippen LogP contribution in [-0.4, -0.2) is 23.6 Å². The number of nitrogens with zero attached hydrogens (tertiary/aromatic N) is 1. The number of ether oxygens (including phenoxy) is 1. The lowest BCUT2D eigenvalue weighted by Crippen LogP contribution is -2.28. The molecule has 1 aliphatic heterocycles. The molecule has 4 rings (SSSR count). The lowest BCUT2D eigenvalue weighted by Gasteiger charge is -2.20. The van der Waals surface area contributed by atoms with Gasteiger partial charge in [0.05, 0.1) is 11.7 Å². The molecule has 1 saturated carbocycles. The van der Waals surface area contributed by atoms with Crippen molar-refractivity contribution in [3.05, 3.63) is 41.3 Å². The molecule has 1 unspecified atom stereocenters. The molecule has 2 N–H and O–H groups in total. The van der Waals surface area contributed by atoms with Gasteiger partial charge in [-0.2, -0.15) is 0 Å². The van der Waals surface area contributed by atoms with E-state index in [0.717, 1.165) is 24.2 Å². The third kappa shape index (κ3) is 2.84. The van der Waals surface area contributed by atoms with Crippen molar-refractivity contribution < 1.29 is 18.8 Å². The first-order valence-corrected chi connectivity index (χ1v) is 7.94. The highest BCUT2D eigenvalue weighted by molar-refractivity contribution is 5.95. The predicted molar refractivity (Wildman–Crippen MR) is 84.9 cm³/mol. The van der Waals surface area contributed by atoms with Crippen LogP contribution in [0.1, 0.15) is 53.5 Å². The molecule has 0 bridgehead atoms. The summed E-state index contributed by atoms with van der Waals surface area (Å²) in [4.78, 5) is 23.7. The van der Waals surface area contributed by atoms with E-state index in [0.29, 0.717) is 23.0 Å². The second-order valence-corrected chi connectivity index (χ2v) is 6.18. The van der Waals surface area contributed by atoms with Crippen LogP contribution in [0.2, 0.25) is 0 Å². The summed E-state index contributed by atoms with van der Waals surface area (Å²) >= 11 is 0. The van der Waals surface area contributed by atoms with Gasteiger partial charge in [-0.05, 0) is 37.5 Å². The van der Waals surface area contributed by atoms with E-state index in [1.54, 1.807) is 18.2 Å². The maximum Gasteiger partial charge on any atom is 0.273 e. The van der Waals surface area contributed by atoms with Crippen LogP contribution >= 0.6 is 0 Å². The highest BCUT2D eigenvalue weighted by Crippen LogP contribution is 2.40. The van der Waals surface area contributed by atoms with E-state index < -0.39 is 0 Å². The molecule has 2 aromatic rings. The Morgan fingerprint density at radius 1 is 1.38 bits per heavy atom. The summed E-state index contributed by atoms with van der Waals surface area (Å²) in [5, 5.41) is 9.49. The lowest BCUT2D eigenvalue weighted by molar-refractivity contribution is -0.118. The molecule has 2 aliphatic rings. The van der Waals surface area contributed by atoms with Crippen molar-refractivity contribution in [2.75, 3.05) is 11.9 Å². The van der Waals surface area contributed by atoms with Crippen molar-refractivity contribution >= 4 is 17.5 Å². The molecule has 1 fully saturated rings. The molecule has 124 valence electrons. The van der Waals surface area contributed by atoms with Crippen LogP contribution in [0.4, 0.5) is 5.69 Å². The van der Waals surface area contributed by atoms with E-state index in [2.05, 4.69) is 15.8 Å². The van der Waals surface area contributed by atoms with E-state index >= 15 is 0 Å². The topological polar surface area (TPSA) is 93.5 Å². The Morgan fingerprint density at radius 2 is 2.21 bits per heavy atom. The Kier molecular flexibility index (Phi) is 3.48. The number of carbonyl (C=O) groups is 2.